The number of carbonyl (C=O) groups is 1. The van der Waals surface area contributed by atoms with Crippen molar-refractivity contribution in [3.8, 4) is 22.8 Å². The van der Waals surface area contributed by atoms with E-state index in [0.29, 0.717) is 11.8 Å². The van der Waals surface area contributed by atoms with E-state index in [4.69, 9.17) is 9.47 Å². The van der Waals surface area contributed by atoms with E-state index < -0.39 is 11.9 Å². The molecule has 1 aliphatic carbocycles. The Labute approximate surface area is 237 Å². The van der Waals surface area contributed by atoms with Gasteiger partial charge in [-0.1, -0.05) is 31.2 Å². The fourth-order valence-electron chi connectivity index (χ4n) is 6.81. The van der Waals surface area contributed by atoms with Gasteiger partial charge in [0, 0.05) is 18.3 Å². The summed E-state index contributed by atoms with van der Waals surface area (Å²) < 4.78 is 12.1. The van der Waals surface area contributed by atoms with Crippen molar-refractivity contribution in [2.45, 2.75) is 70.4 Å². The number of aromatic nitrogens is 1. The van der Waals surface area contributed by atoms with Crippen LogP contribution in [0.15, 0.2) is 54.7 Å². The summed E-state index contributed by atoms with van der Waals surface area (Å²) in [6.07, 6.45) is 8.35. The Bertz CT molecular complexity index is 1380. The molecule has 210 valence electrons. The molecule has 3 heterocycles. The van der Waals surface area contributed by atoms with Crippen molar-refractivity contribution in [2.24, 2.45) is 11.8 Å². The van der Waals surface area contributed by atoms with Gasteiger partial charge in [0.05, 0.1) is 13.0 Å². The van der Waals surface area contributed by atoms with Crippen LogP contribution in [0.3, 0.4) is 0 Å². The molecule has 0 bridgehead atoms. The number of carboxylic acid groups (broad SMARTS) is 1. The number of aliphatic carboxylic acids is 1. The monoisotopic (exact) mass is 540 g/mol. The number of likely N-dealkylation sites (tertiary alicyclic amines) is 1. The number of methoxy groups -OCH3 is 1. The molecule has 1 saturated heterocycles. The van der Waals surface area contributed by atoms with E-state index in [-0.39, 0.29) is 18.1 Å². The van der Waals surface area contributed by atoms with Crippen LogP contribution >= 0.6 is 0 Å². The van der Waals surface area contributed by atoms with Crippen LogP contribution in [0.25, 0.3) is 11.1 Å². The van der Waals surface area contributed by atoms with E-state index in [9.17, 15) is 9.90 Å². The van der Waals surface area contributed by atoms with Gasteiger partial charge in [0.15, 0.2) is 0 Å². The molecule has 0 radical (unpaired) electrons. The van der Waals surface area contributed by atoms with Crippen LogP contribution in [0.4, 0.5) is 0 Å². The number of hydrogen-bond donors (Lipinski definition) is 1. The molecular weight excluding hydrogens is 500 g/mol. The largest absolute Gasteiger partial charge is 0.485 e. The summed E-state index contributed by atoms with van der Waals surface area (Å²) in [5.74, 6) is 0.896. The highest BCUT2D eigenvalue weighted by Gasteiger charge is 2.39. The van der Waals surface area contributed by atoms with Crippen LogP contribution in [-0.4, -0.2) is 41.2 Å². The van der Waals surface area contributed by atoms with Gasteiger partial charge >= 0.3 is 5.97 Å². The number of ether oxygens (including phenoxy) is 2. The summed E-state index contributed by atoms with van der Waals surface area (Å²) >= 11 is 0. The van der Waals surface area contributed by atoms with Crippen LogP contribution in [0.1, 0.15) is 86.3 Å². The second-order valence-corrected chi connectivity index (χ2v) is 11.9. The zero-order valence-electron chi connectivity index (χ0n) is 23.8. The molecule has 2 fully saturated rings. The first-order chi connectivity index (χ1) is 19.4. The third-order valence-electron chi connectivity index (χ3n) is 9.32. The van der Waals surface area contributed by atoms with Gasteiger partial charge in [0.2, 0.25) is 5.88 Å². The molecule has 6 nitrogen and oxygen atoms in total. The molecule has 0 spiro atoms. The molecule has 4 atom stereocenters. The molecule has 6 heteroatoms. The van der Waals surface area contributed by atoms with Crippen LogP contribution < -0.4 is 9.47 Å². The lowest BCUT2D eigenvalue weighted by Crippen LogP contribution is -2.24. The molecule has 1 aromatic heterocycles. The first-order valence-corrected chi connectivity index (χ1v) is 14.8. The van der Waals surface area contributed by atoms with Gasteiger partial charge in [-0.15, -0.1) is 0 Å². The number of hydrogen-bond acceptors (Lipinski definition) is 5. The van der Waals surface area contributed by atoms with Gasteiger partial charge < -0.3 is 14.6 Å². The topological polar surface area (TPSA) is 71.9 Å². The number of carboxylic acids is 1. The Balaban J connectivity index is 1.32. The Morgan fingerprint density at radius 3 is 2.58 bits per heavy atom. The van der Waals surface area contributed by atoms with Crippen LogP contribution in [0, 0.1) is 11.8 Å². The average molecular weight is 541 g/mol. The normalized spacial score (nSPS) is 21.2. The van der Waals surface area contributed by atoms with Gasteiger partial charge in [-0.3, -0.25) is 9.69 Å². The molecule has 1 saturated carbocycles. The number of pyridine rings is 1. The first kappa shape index (κ1) is 26.8. The highest BCUT2D eigenvalue weighted by molar-refractivity contribution is 5.71. The summed E-state index contributed by atoms with van der Waals surface area (Å²) in [5.41, 5.74) is 7.13. The number of rotatable bonds is 9. The molecule has 6 rings (SSSR count). The Kier molecular flexibility index (Phi) is 7.54. The Hall–Kier alpha value is -3.38. The fourth-order valence-corrected chi connectivity index (χ4v) is 6.81. The molecule has 2 unspecified atom stereocenters. The van der Waals surface area contributed by atoms with Crippen LogP contribution in [-0.2, 0) is 11.2 Å². The van der Waals surface area contributed by atoms with E-state index in [1.165, 1.54) is 35.1 Å². The zero-order valence-corrected chi connectivity index (χ0v) is 23.8. The average Bonchev–Trinajstić information content (AvgIpc) is 3.66. The molecule has 3 aromatic rings. The lowest BCUT2D eigenvalue weighted by molar-refractivity contribution is -0.142. The van der Waals surface area contributed by atoms with Crippen molar-refractivity contribution in [3.05, 3.63) is 77.0 Å². The van der Waals surface area contributed by atoms with Gasteiger partial charge in [-0.05, 0) is 122 Å². The number of aryl methyl sites for hydroxylation is 1. The predicted molar refractivity (Wildman–Crippen MR) is 156 cm³/mol. The van der Waals surface area contributed by atoms with Crippen molar-refractivity contribution in [3.63, 3.8) is 0 Å². The summed E-state index contributed by atoms with van der Waals surface area (Å²) in [6.45, 7) is 6.41. The minimum Gasteiger partial charge on any atom is -0.485 e. The predicted octanol–water partition coefficient (Wildman–Crippen LogP) is 7.19. The summed E-state index contributed by atoms with van der Waals surface area (Å²) in [5, 5.41) is 9.76. The van der Waals surface area contributed by atoms with Crippen LogP contribution in [0.2, 0.25) is 0 Å². The maximum Gasteiger partial charge on any atom is 0.306 e. The third kappa shape index (κ3) is 5.34. The molecule has 3 aliphatic rings. The second kappa shape index (κ2) is 11.2. The molecule has 1 N–H and O–H groups in total. The number of nitrogens with zero attached hydrogens (tertiary/aromatic N) is 2. The van der Waals surface area contributed by atoms with Gasteiger partial charge in [0.1, 0.15) is 11.9 Å². The molecular formula is C34H40N2O4. The van der Waals surface area contributed by atoms with Crippen LogP contribution in [0.5, 0.6) is 11.6 Å². The molecule has 2 aromatic carbocycles. The highest BCUT2D eigenvalue weighted by atomic mass is 16.5. The lowest BCUT2D eigenvalue weighted by atomic mass is 9.82. The van der Waals surface area contributed by atoms with E-state index in [1.807, 2.05) is 19.2 Å². The smallest absolute Gasteiger partial charge is 0.306 e. The second-order valence-electron chi connectivity index (χ2n) is 11.9. The van der Waals surface area contributed by atoms with Crippen molar-refractivity contribution >= 4 is 5.97 Å². The van der Waals surface area contributed by atoms with E-state index in [1.54, 1.807) is 7.11 Å². The highest BCUT2D eigenvalue weighted by Crippen LogP contribution is 2.48. The van der Waals surface area contributed by atoms with E-state index in [0.717, 1.165) is 55.6 Å². The van der Waals surface area contributed by atoms with E-state index in [2.05, 4.69) is 59.3 Å². The van der Waals surface area contributed by atoms with E-state index >= 15 is 0 Å². The van der Waals surface area contributed by atoms with Crippen molar-refractivity contribution in [2.75, 3.05) is 20.2 Å². The van der Waals surface area contributed by atoms with Crippen molar-refractivity contribution in [1.29, 1.82) is 0 Å². The molecule has 40 heavy (non-hydrogen) atoms. The Morgan fingerprint density at radius 1 is 1.05 bits per heavy atom. The van der Waals surface area contributed by atoms with Gasteiger partial charge in [-0.25, -0.2) is 4.98 Å². The lowest BCUT2D eigenvalue weighted by Gasteiger charge is -2.31. The minimum atomic E-state index is -0.722. The maximum absolute atomic E-state index is 11.9. The Morgan fingerprint density at radius 2 is 1.85 bits per heavy atom. The maximum atomic E-state index is 11.9. The van der Waals surface area contributed by atoms with Gasteiger partial charge in [0.25, 0.3) is 0 Å². The third-order valence-corrected chi connectivity index (χ3v) is 9.32. The fraction of sp³-hybridized carbons (Fsp3) is 0.471. The summed E-state index contributed by atoms with van der Waals surface area (Å²) in [6, 6.07) is 17.6. The van der Waals surface area contributed by atoms with Gasteiger partial charge in [-0.2, -0.15) is 0 Å². The van der Waals surface area contributed by atoms with Crippen molar-refractivity contribution in [1.82, 2.24) is 9.88 Å². The molecule has 2 aliphatic heterocycles. The minimum absolute atomic E-state index is 0.0374. The molecule has 0 amide bonds. The zero-order chi connectivity index (χ0) is 27.8. The quantitative estimate of drug-likeness (QED) is 0.310. The number of benzene rings is 2. The first-order valence-electron chi connectivity index (χ1n) is 14.8. The SMILES string of the molecule is COc1cc(-c2ccc([C@@H]3CCc4ccc(C(C5CC5)[C@H](C)C(=O)O)cc4O3)cc2C(C)N2CCCC2)ccn1. The summed E-state index contributed by atoms with van der Waals surface area (Å²) in [4.78, 5) is 18.8. The van der Waals surface area contributed by atoms with Crippen molar-refractivity contribution < 1.29 is 19.4 Å². The standard InChI is InChI=1S/C34H40N2O4/c1-21(34(37)38)33(24-7-8-24)27-9-6-23-11-13-30(40-31(23)19-27)26-10-12-28(25-14-15-35-32(20-25)39-3)29(18-26)22(2)36-16-4-5-17-36/h6,9-10,12,14-15,18-22,24,30,33H,4-5,7-8,11,13,16-17H2,1-3H3,(H,37,38)/t21-,22?,30-,33?/m0/s1. The number of fused-ring (bicyclic) bond motifs is 1. The summed E-state index contributed by atoms with van der Waals surface area (Å²) in [7, 11) is 1.65.